The Balaban J connectivity index is 1.31. The van der Waals surface area contributed by atoms with Crippen molar-refractivity contribution in [3.8, 4) is 11.4 Å². The maximum atomic E-state index is 13.4. The summed E-state index contributed by atoms with van der Waals surface area (Å²) in [5, 5.41) is 6.21. The number of para-hydroxylation sites is 2. The molecule has 2 aromatic heterocycles. The standard InChI is InChI=1S/C29H20ClN3O4S/c1-36-26-14-21-19-6-3-5-9-24(19)37-25(21)15-23(26)31-27(34)16-38-29-32-22-8-4-2-7-20(22)28(35)33(29)18-12-10-17(30)11-13-18/h2-15H,16H2,1H3,(H,31,34). The van der Waals surface area contributed by atoms with E-state index in [1.165, 1.54) is 16.3 Å². The Kier molecular flexibility index (Phi) is 6.27. The molecule has 7 nitrogen and oxygen atoms in total. The van der Waals surface area contributed by atoms with Crippen molar-refractivity contribution in [1.29, 1.82) is 0 Å². The number of amides is 1. The number of hydrogen-bond acceptors (Lipinski definition) is 6. The molecule has 0 saturated heterocycles. The van der Waals surface area contributed by atoms with E-state index in [9.17, 15) is 9.59 Å². The number of aromatic nitrogens is 2. The average Bonchev–Trinajstić information content (AvgIpc) is 3.29. The number of carbonyl (C=O) groups excluding carboxylic acids is 1. The molecule has 0 bridgehead atoms. The number of rotatable bonds is 6. The first-order valence-corrected chi connectivity index (χ1v) is 13.1. The zero-order chi connectivity index (χ0) is 26.2. The summed E-state index contributed by atoms with van der Waals surface area (Å²) in [5.74, 6) is 0.248. The summed E-state index contributed by atoms with van der Waals surface area (Å²) in [6.07, 6.45) is 0. The van der Waals surface area contributed by atoms with E-state index >= 15 is 0 Å². The van der Waals surface area contributed by atoms with Crippen LogP contribution in [0.2, 0.25) is 5.02 Å². The Morgan fingerprint density at radius 2 is 1.71 bits per heavy atom. The molecule has 1 amide bonds. The molecule has 0 fully saturated rings. The van der Waals surface area contributed by atoms with E-state index in [0.29, 0.717) is 43.8 Å². The minimum atomic E-state index is -0.283. The Bertz CT molecular complexity index is 1900. The van der Waals surface area contributed by atoms with E-state index in [4.69, 9.17) is 20.8 Å². The van der Waals surface area contributed by atoms with Crippen molar-refractivity contribution < 1.29 is 13.9 Å². The van der Waals surface area contributed by atoms with Gasteiger partial charge in [-0.3, -0.25) is 14.2 Å². The van der Waals surface area contributed by atoms with Crippen LogP contribution in [0.3, 0.4) is 0 Å². The third-order valence-corrected chi connectivity index (χ3v) is 7.33. The number of furan rings is 1. The average molecular weight is 542 g/mol. The summed E-state index contributed by atoms with van der Waals surface area (Å²) in [5.41, 5.74) is 2.83. The van der Waals surface area contributed by atoms with Crippen molar-refractivity contribution in [2.45, 2.75) is 5.16 Å². The van der Waals surface area contributed by atoms with Crippen LogP contribution in [0.4, 0.5) is 5.69 Å². The van der Waals surface area contributed by atoms with Gasteiger partial charge in [-0.1, -0.05) is 53.7 Å². The number of carbonyl (C=O) groups is 1. The Morgan fingerprint density at radius 1 is 0.974 bits per heavy atom. The fourth-order valence-electron chi connectivity index (χ4n) is 4.36. The van der Waals surface area contributed by atoms with Gasteiger partial charge in [0.15, 0.2) is 5.16 Å². The molecule has 0 spiro atoms. The van der Waals surface area contributed by atoms with Gasteiger partial charge in [0.1, 0.15) is 16.9 Å². The second kappa shape index (κ2) is 9.89. The molecule has 9 heteroatoms. The number of hydrogen-bond donors (Lipinski definition) is 1. The Hall–Kier alpha value is -4.27. The van der Waals surface area contributed by atoms with Gasteiger partial charge in [0, 0.05) is 21.9 Å². The number of nitrogens with zero attached hydrogens (tertiary/aromatic N) is 2. The highest BCUT2D eigenvalue weighted by atomic mass is 35.5. The molecular formula is C29H20ClN3O4S. The summed E-state index contributed by atoms with van der Waals surface area (Å²) >= 11 is 7.23. The van der Waals surface area contributed by atoms with Crippen LogP contribution in [-0.2, 0) is 4.79 Å². The fraction of sp³-hybridized carbons (Fsp3) is 0.0690. The first-order valence-electron chi connectivity index (χ1n) is 11.7. The lowest BCUT2D eigenvalue weighted by atomic mass is 10.1. The minimum Gasteiger partial charge on any atom is -0.495 e. The zero-order valence-electron chi connectivity index (χ0n) is 20.1. The molecule has 0 unspecified atom stereocenters. The van der Waals surface area contributed by atoms with Crippen LogP contribution in [0.1, 0.15) is 0 Å². The normalized spacial score (nSPS) is 11.3. The van der Waals surface area contributed by atoms with Crippen molar-refractivity contribution in [2.24, 2.45) is 0 Å². The van der Waals surface area contributed by atoms with E-state index in [-0.39, 0.29) is 17.2 Å². The lowest BCUT2D eigenvalue weighted by molar-refractivity contribution is -0.113. The summed E-state index contributed by atoms with van der Waals surface area (Å²) < 4.78 is 13.0. The summed E-state index contributed by atoms with van der Waals surface area (Å²) in [6, 6.07) is 25.4. The largest absolute Gasteiger partial charge is 0.495 e. The number of methoxy groups -OCH3 is 1. The van der Waals surface area contributed by atoms with Crippen LogP contribution in [0.25, 0.3) is 38.5 Å². The smallest absolute Gasteiger partial charge is 0.266 e. The van der Waals surface area contributed by atoms with Crippen molar-refractivity contribution in [2.75, 3.05) is 18.2 Å². The number of thioether (sulfide) groups is 1. The highest BCUT2D eigenvalue weighted by molar-refractivity contribution is 7.99. The van der Waals surface area contributed by atoms with E-state index in [0.717, 1.165) is 16.4 Å². The van der Waals surface area contributed by atoms with Gasteiger partial charge in [-0.2, -0.15) is 0 Å². The van der Waals surface area contributed by atoms with Crippen LogP contribution in [0.5, 0.6) is 5.75 Å². The molecular weight excluding hydrogens is 522 g/mol. The van der Waals surface area contributed by atoms with Gasteiger partial charge in [0.05, 0.1) is 35.1 Å². The molecule has 2 heterocycles. The van der Waals surface area contributed by atoms with Gasteiger partial charge in [-0.25, -0.2) is 4.98 Å². The maximum Gasteiger partial charge on any atom is 0.266 e. The third kappa shape index (κ3) is 4.38. The Morgan fingerprint density at radius 3 is 2.50 bits per heavy atom. The second-order valence-electron chi connectivity index (χ2n) is 8.51. The monoisotopic (exact) mass is 541 g/mol. The van der Waals surface area contributed by atoms with Gasteiger partial charge in [-0.05, 0) is 48.5 Å². The fourth-order valence-corrected chi connectivity index (χ4v) is 5.30. The molecule has 0 atom stereocenters. The quantitative estimate of drug-likeness (QED) is 0.187. The second-order valence-corrected chi connectivity index (χ2v) is 9.89. The maximum absolute atomic E-state index is 13.4. The van der Waals surface area contributed by atoms with Crippen molar-refractivity contribution in [1.82, 2.24) is 9.55 Å². The number of fused-ring (bicyclic) bond motifs is 4. The van der Waals surface area contributed by atoms with Gasteiger partial charge >= 0.3 is 0 Å². The third-order valence-electron chi connectivity index (χ3n) is 6.14. The molecule has 0 saturated carbocycles. The van der Waals surface area contributed by atoms with Crippen LogP contribution in [0.15, 0.2) is 99.3 Å². The highest BCUT2D eigenvalue weighted by Crippen LogP contribution is 2.36. The summed E-state index contributed by atoms with van der Waals surface area (Å²) in [4.78, 5) is 31.1. The van der Waals surface area contributed by atoms with E-state index < -0.39 is 0 Å². The lowest BCUT2D eigenvalue weighted by Gasteiger charge is -2.14. The molecule has 38 heavy (non-hydrogen) atoms. The number of nitrogens with one attached hydrogen (secondary N) is 1. The van der Waals surface area contributed by atoms with Gasteiger partial charge in [0.2, 0.25) is 5.91 Å². The predicted molar refractivity (Wildman–Crippen MR) is 152 cm³/mol. The van der Waals surface area contributed by atoms with E-state index in [1.54, 1.807) is 55.6 Å². The molecule has 0 aliphatic heterocycles. The number of halogens is 1. The van der Waals surface area contributed by atoms with E-state index in [2.05, 4.69) is 10.3 Å². The summed E-state index contributed by atoms with van der Waals surface area (Å²) in [6.45, 7) is 0. The first-order chi connectivity index (χ1) is 18.5. The first kappa shape index (κ1) is 24.1. The molecule has 0 radical (unpaired) electrons. The molecule has 0 aliphatic carbocycles. The SMILES string of the molecule is COc1cc2c(cc1NC(=O)CSc1nc3ccccc3c(=O)n1-c1ccc(Cl)cc1)oc1ccccc12. The predicted octanol–water partition coefficient (Wildman–Crippen LogP) is 6.68. The van der Waals surface area contributed by atoms with Crippen LogP contribution in [0, 0.1) is 0 Å². The van der Waals surface area contributed by atoms with Crippen molar-refractivity contribution in [3.63, 3.8) is 0 Å². The number of benzene rings is 4. The topological polar surface area (TPSA) is 86.4 Å². The van der Waals surface area contributed by atoms with Crippen LogP contribution in [-0.4, -0.2) is 28.3 Å². The van der Waals surface area contributed by atoms with Gasteiger partial charge in [-0.15, -0.1) is 0 Å². The van der Waals surface area contributed by atoms with Crippen LogP contribution < -0.4 is 15.6 Å². The molecule has 0 aliphatic rings. The van der Waals surface area contributed by atoms with Crippen molar-refractivity contribution >= 4 is 67.8 Å². The van der Waals surface area contributed by atoms with Crippen molar-refractivity contribution in [3.05, 3.63) is 100 Å². The minimum absolute atomic E-state index is 0.0136. The van der Waals surface area contributed by atoms with Gasteiger partial charge in [0.25, 0.3) is 5.56 Å². The number of ether oxygens (including phenoxy) is 1. The number of anilines is 1. The molecule has 4 aromatic carbocycles. The molecule has 6 rings (SSSR count). The molecule has 188 valence electrons. The lowest BCUT2D eigenvalue weighted by Crippen LogP contribution is -2.23. The van der Waals surface area contributed by atoms with E-state index in [1.807, 2.05) is 36.4 Å². The van der Waals surface area contributed by atoms with Gasteiger partial charge < -0.3 is 14.5 Å². The molecule has 1 N–H and O–H groups in total. The highest BCUT2D eigenvalue weighted by Gasteiger charge is 2.17. The zero-order valence-corrected chi connectivity index (χ0v) is 21.7. The van der Waals surface area contributed by atoms with Crippen LogP contribution >= 0.6 is 23.4 Å². The Labute approximate surface area is 226 Å². The summed E-state index contributed by atoms with van der Waals surface area (Å²) in [7, 11) is 1.55. The molecule has 6 aromatic rings.